The molecule has 1 aromatic heterocycles. The molecule has 0 saturated heterocycles. The lowest BCUT2D eigenvalue weighted by atomic mass is 10.1. The van der Waals surface area contributed by atoms with Gasteiger partial charge in [-0.2, -0.15) is 5.10 Å². The van der Waals surface area contributed by atoms with Gasteiger partial charge in [-0.3, -0.25) is 0 Å². The zero-order valence-electron chi connectivity index (χ0n) is 9.72. The number of hydrogen-bond acceptors (Lipinski definition) is 4. The molecule has 1 saturated carbocycles. The number of nitrogens with zero attached hydrogens (tertiary/aromatic N) is 3. The minimum absolute atomic E-state index is 0.328. The summed E-state index contributed by atoms with van der Waals surface area (Å²) >= 11 is 0. The summed E-state index contributed by atoms with van der Waals surface area (Å²) in [7, 11) is 0. The fraction of sp³-hybridized carbons (Fsp3) is 0.308. The summed E-state index contributed by atoms with van der Waals surface area (Å²) in [6, 6.07) is 8.12. The second-order valence-corrected chi connectivity index (χ2v) is 4.64. The Bertz CT molecular complexity index is 561. The Morgan fingerprint density at radius 1 is 1.24 bits per heavy atom. The molecule has 86 valence electrons. The van der Waals surface area contributed by atoms with E-state index in [0.29, 0.717) is 5.82 Å². The summed E-state index contributed by atoms with van der Waals surface area (Å²) in [4.78, 5) is 4.54. The zero-order valence-corrected chi connectivity index (χ0v) is 9.72. The van der Waals surface area contributed by atoms with Gasteiger partial charge in [0.1, 0.15) is 0 Å². The highest BCUT2D eigenvalue weighted by atomic mass is 15.2. The van der Waals surface area contributed by atoms with Crippen molar-refractivity contribution in [2.75, 3.05) is 0 Å². The monoisotopic (exact) mass is 226 g/mol. The molecule has 0 spiro atoms. The van der Waals surface area contributed by atoms with Gasteiger partial charge in [-0.25, -0.2) is 4.98 Å². The number of nitrogens with two attached hydrogens (primary N) is 1. The van der Waals surface area contributed by atoms with E-state index in [1.807, 2.05) is 18.2 Å². The maximum absolute atomic E-state index is 6.09. The van der Waals surface area contributed by atoms with Crippen molar-refractivity contribution in [3.05, 3.63) is 41.9 Å². The molecule has 0 amide bonds. The molecule has 0 atom stereocenters. The lowest BCUT2D eigenvalue weighted by molar-refractivity contribution is 0.650. The van der Waals surface area contributed by atoms with Gasteiger partial charge in [-0.05, 0) is 25.3 Å². The lowest BCUT2D eigenvalue weighted by Gasteiger charge is -2.08. The van der Waals surface area contributed by atoms with Gasteiger partial charge >= 0.3 is 0 Å². The number of aromatic nitrogens is 3. The second-order valence-electron chi connectivity index (χ2n) is 4.64. The van der Waals surface area contributed by atoms with Crippen LogP contribution < -0.4 is 5.73 Å². The van der Waals surface area contributed by atoms with Gasteiger partial charge in [0.2, 0.25) is 0 Å². The van der Waals surface area contributed by atoms with E-state index >= 15 is 0 Å². The second kappa shape index (κ2) is 3.60. The van der Waals surface area contributed by atoms with Gasteiger partial charge in [-0.1, -0.05) is 24.3 Å². The first-order chi connectivity index (χ1) is 8.19. The number of benzene rings is 1. The van der Waals surface area contributed by atoms with E-state index in [4.69, 9.17) is 5.73 Å². The Labute approximate surface area is 99.9 Å². The predicted molar refractivity (Wildman–Crippen MR) is 65.1 cm³/mol. The van der Waals surface area contributed by atoms with Crippen molar-refractivity contribution >= 4 is 0 Å². The molecule has 1 aliphatic rings. The van der Waals surface area contributed by atoms with Crippen LogP contribution in [0.2, 0.25) is 0 Å². The Balaban J connectivity index is 2.07. The maximum Gasteiger partial charge on any atom is 0.171 e. The van der Waals surface area contributed by atoms with Gasteiger partial charge in [0.05, 0.1) is 17.4 Å². The highest BCUT2D eigenvalue weighted by Crippen LogP contribution is 2.40. The SMILES string of the molecule is Cc1ccccc1-c1cnnc(C2(N)CC2)n1. The van der Waals surface area contributed by atoms with Crippen LogP contribution >= 0.6 is 0 Å². The van der Waals surface area contributed by atoms with E-state index in [1.54, 1.807) is 6.20 Å². The van der Waals surface area contributed by atoms with Gasteiger partial charge in [-0.15, -0.1) is 5.10 Å². The molecule has 1 fully saturated rings. The molecule has 0 radical (unpaired) electrons. The molecule has 1 aliphatic carbocycles. The molecule has 1 aromatic carbocycles. The third kappa shape index (κ3) is 1.80. The highest BCUT2D eigenvalue weighted by molar-refractivity contribution is 5.62. The van der Waals surface area contributed by atoms with Crippen LogP contribution in [0.5, 0.6) is 0 Å². The standard InChI is InChI=1S/C13H14N4/c1-9-4-2-3-5-10(9)11-8-15-17-12(16-11)13(14)6-7-13/h2-5,8H,6-7,14H2,1H3. The molecule has 1 heterocycles. The van der Waals surface area contributed by atoms with Crippen molar-refractivity contribution in [2.24, 2.45) is 5.73 Å². The third-order valence-electron chi connectivity index (χ3n) is 3.21. The van der Waals surface area contributed by atoms with Crippen LogP contribution in [0.3, 0.4) is 0 Å². The van der Waals surface area contributed by atoms with Crippen molar-refractivity contribution < 1.29 is 0 Å². The quantitative estimate of drug-likeness (QED) is 0.848. The molecule has 17 heavy (non-hydrogen) atoms. The number of rotatable bonds is 2. The van der Waals surface area contributed by atoms with Crippen molar-refractivity contribution in [1.82, 2.24) is 15.2 Å². The number of aryl methyl sites for hydroxylation is 1. The maximum atomic E-state index is 6.09. The van der Waals surface area contributed by atoms with E-state index < -0.39 is 0 Å². The van der Waals surface area contributed by atoms with Crippen molar-refractivity contribution in [3.8, 4) is 11.3 Å². The summed E-state index contributed by atoms with van der Waals surface area (Å²) < 4.78 is 0. The smallest absolute Gasteiger partial charge is 0.171 e. The molecule has 2 N–H and O–H groups in total. The molecule has 0 bridgehead atoms. The van der Waals surface area contributed by atoms with E-state index in [1.165, 1.54) is 5.56 Å². The minimum atomic E-state index is -0.328. The minimum Gasteiger partial charge on any atom is -0.319 e. The molecule has 0 aliphatic heterocycles. The van der Waals surface area contributed by atoms with Crippen LogP contribution in [-0.4, -0.2) is 15.2 Å². The Morgan fingerprint density at radius 3 is 2.71 bits per heavy atom. The summed E-state index contributed by atoms with van der Waals surface area (Å²) in [5.74, 6) is 0.665. The van der Waals surface area contributed by atoms with Crippen LogP contribution in [0.25, 0.3) is 11.3 Å². The van der Waals surface area contributed by atoms with E-state index in [0.717, 1.165) is 24.1 Å². The fourth-order valence-electron chi connectivity index (χ4n) is 1.86. The fourth-order valence-corrected chi connectivity index (χ4v) is 1.86. The average Bonchev–Trinajstić information content (AvgIpc) is 3.10. The lowest BCUT2D eigenvalue weighted by Crippen LogP contribution is -2.22. The van der Waals surface area contributed by atoms with Crippen LogP contribution in [-0.2, 0) is 5.54 Å². The van der Waals surface area contributed by atoms with Gasteiger partial charge in [0, 0.05) is 5.56 Å². The summed E-state index contributed by atoms with van der Waals surface area (Å²) in [6.07, 6.45) is 3.59. The molecule has 4 heteroatoms. The third-order valence-corrected chi connectivity index (χ3v) is 3.21. The first-order valence-electron chi connectivity index (χ1n) is 5.74. The van der Waals surface area contributed by atoms with Crippen molar-refractivity contribution in [1.29, 1.82) is 0 Å². The van der Waals surface area contributed by atoms with Crippen LogP contribution in [0.4, 0.5) is 0 Å². The largest absolute Gasteiger partial charge is 0.319 e. The Hall–Kier alpha value is -1.81. The topological polar surface area (TPSA) is 64.7 Å². The van der Waals surface area contributed by atoms with Gasteiger partial charge in [0.15, 0.2) is 5.82 Å². The summed E-state index contributed by atoms with van der Waals surface area (Å²) in [5, 5.41) is 8.06. The highest BCUT2D eigenvalue weighted by Gasteiger charge is 2.43. The van der Waals surface area contributed by atoms with Crippen LogP contribution in [0.1, 0.15) is 24.2 Å². The van der Waals surface area contributed by atoms with Gasteiger partial charge in [0.25, 0.3) is 0 Å². The van der Waals surface area contributed by atoms with Crippen LogP contribution in [0.15, 0.2) is 30.5 Å². The van der Waals surface area contributed by atoms with Gasteiger partial charge < -0.3 is 5.73 Å². The number of hydrogen-bond donors (Lipinski definition) is 1. The molecule has 3 rings (SSSR count). The zero-order chi connectivity index (χ0) is 11.9. The van der Waals surface area contributed by atoms with Crippen molar-refractivity contribution in [2.45, 2.75) is 25.3 Å². The normalized spacial score (nSPS) is 16.8. The first-order valence-corrected chi connectivity index (χ1v) is 5.74. The van der Waals surface area contributed by atoms with E-state index in [2.05, 4.69) is 28.2 Å². The Kier molecular flexibility index (Phi) is 2.19. The summed E-state index contributed by atoms with van der Waals surface area (Å²) in [6.45, 7) is 2.06. The molecule has 0 unspecified atom stereocenters. The van der Waals surface area contributed by atoms with Crippen molar-refractivity contribution in [3.63, 3.8) is 0 Å². The van der Waals surface area contributed by atoms with Crippen LogP contribution in [0, 0.1) is 6.92 Å². The molecular weight excluding hydrogens is 212 g/mol. The molecule has 4 nitrogen and oxygen atoms in total. The Morgan fingerprint density at radius 2 is 2.00 bits per heavy atom. The predicted octanol–water partition coefficient (Wildman–Crippen LogP) is 1.79. The average molecular weight is 226 g/mol. The molecular formula is C13H14N4. The first kappa shape index (κ1) is 10.4. The van der Waals surface area contributed by atoms with E-state index in [-0.39, 0.29) is 5.54 Å². The van der Waals surface area contributed by atoms with E-state index in [9.17, 15) is 0 Å². The summed E-state index contributed by atoms with van der Waals surface area (Å²) in [5.41, 5.74) is 8.88. The molecule has 2 aromatic rings.